The van der Waals surface area contributed by atoms with E-state index in [0.29, 0.717) is 24.0 Å². The summed E-state index contributed by atoms with van der Waals surface area (Å²) >= 11 is 0. The van der Waals surface area contributed by atoms with Gasteiger partial charge >= 0.3 is 0 Å². The van der Waals surface area contributed by atoms with Gasteiger partial charge in [0.1, 0.15) is 0 Å². The van der Waals surface area contributed by atoms with Crippen LogP contribution in [0, 0.1) is 0 Å². The van der Waals surface area contributed by atoms with E-state index >= 15 is 0 Å². The highest BCUT2D eigenvalue weighted by atomic mass is 16.2. The summed E-state index contributed by atoms with van der Waals surface area (Å²) < 4.78 is 0. The van der Waals surface area contributed by atoms with Gasteiger partial charge in [-0.1, -0.05) is 0 Å². The van der Waals surface area contributed by atoms with Gasteiger partial charge in [0.25, 0.3) is 0 Å². The first-order valence-electron chi connectivity index (χ1n) is 5.74. The van der Waals surface area contributed by atoms with Gasteiger partial charge in [-0.25, -0.2) is 0 Å². The molecule has 3 nitrogen and oxygen atoms in total. The molecule has 0 aromatic carbocycles. The highest BCUT2D eigenvalue weighted by molar-refractivity contribution is 5.78. The molecule has 0 bridgehead atoms. The zero-order valence-corrected chi connectivity index (χ0v) is 9.12. The van der Waals surface area contributed by atoms with Crippen LogP contribution in [0.3, 0.4) is 0 Å². The summed E-state index contributed by atoms with van der Waals surface area (Å²) in [4.78, 5) is 13.7. The van der Waals surface area contributed by atoms with E-state index in [4.69, 9.17) is 0 Å². The van der Waals surface area contributed by atoms with Crippen molar-refractivity contribution in [2.24, 2.45) is 0 Å². The van der Waals surface area contributed by atoms with E-state index < -0.39 is 0 Å². The van der Waals surface area contributed by atoms with E-state index in [-0.39, 0.29) is 0 Å². The van der Waals surface area contributed by atoms with Crippen LogP contribution >= 0.6 is 0 Å². The maximum absolute atomic E-state index is 11.6. The molecule has 0 aromatic heterocycles. The van der Waals surface area contributed by atoms with E-state index in [0.717, 1.165) is 19.4 Å². The molecule has 0 radical (unpaired) electrons. The molecule has 2 aliphatic rings. The molecule has 3 heteroatoms. The number of likely N-dealkylation sites (tertiary alicyclic amines) is 1. The fourth-order valence-corrected chi connectivity index (χ4v) is 2.76. The Bertz CT molecular complexity index is 229. The maximum atomic E-state index is 11.6. The summed E-state index contributed by atoms with van der Waals surface area (Å²) in [6, 6.07) is 1.51. The SMILES string of the molecule is CC1CCC(N2CCCC2=O)C(C)N1. The normalized spacial score (nSPS) is 39.1. The van der Waals surface area contributed by atoms with Crippen LogP contribution in [-0.2, 0) is 4.79 Å². The summed E-state index contributed by atoms with van der Waals surface area (Å²) in [6.07, 6.45) is 4.18. The second-order valence-corrected chi connectivity index (χ2v) is 4.69. The molecular formula is C11H20N2O. The minimum atomic E-state index is 0.359. The Morgan fingerprint density at radius 3 is 2.71 bits per heavy atom. The van der Waals surface area contributed by atoms with Gasteiger partial charge in [-0.15, -0.1) is 0 Å². The molecule has 2 aliphatic heterocycles. The number of rotatable bonds is 1. The predicted molar refractivity (Wildman–Crippen MR) is 56.0 cm³/mol. The Balaban J connectivity index is 2.00. The molecule has 14 heavy (non-hydrogen) atoms. The van der Waals surface area contributed by atoms with Gasteiger partial charge in [-0.3, -0.25) is 4.79 Å². The number of carbonyl (C=O) groups excluding carboxylic acids is 1. The van der Waals surface area contributed by atoms with Crippen LogP contribution in [0.2, 0.25) is 0 Å². The highest BCUT2D eigenvalue weighted by Gasteiger charge is 2.34. The number of nitrogens with one attached hydrogen (secondary N) is 1. The van der Waals surface area contributed by atoms with Gasteiger partial charge in [0, 0.05) is 31.1 Å². The third-order valence-corrected chi connectivity index (χ3v) is 3.53. The van der Waals surface area contributed by atoms with Crippen molar-refractivity contribution in [3.63, 3.8) is 0 Å². The van der Waals surface area contributed by atoms with Crippen molar-refractivity contribution in [2.75, 3.05) is 6.54 Å². The van der Waals surface area contributed by atoms with E-state index in [1.54, 1.807) is 0 Å². The lowest BCUT2D eigenvalue weighted by atomic mass is 9.94. The number of piperidine rings is 1. The maximum Gasteiger partial charge on any atom is 0.222 e. The first-order valence-corrected chi connectivity index (χ1v) is 5.74. The first kappa shape index (κ1) is 9.97. The van der Waals surface area contributed by atoms with Gasteiger partial charge in [0.05, 0.1) is 0 Å². The summed E-state index contributed by atoms with van der Waals surface area (Å²) in [6.45, 7) is 5.40. The van der Waals surface area contributed by atoms with Crippen LogP contribution in [0.25, 0.3) is 0 Å². The number of carbonyl (C=O) groups is 1. The summed E-state index contributed by atoms with van der Waals surface area (Å²) in [7, 11) is 0. The lowest BCUT2D eigenvalue weighted by Crippen LogP contribution is -2.55. The molecule has 2 fully saturated rings. The number of nitrogens with zero attached hydrogens (tertiary/aromatic N) is 1. The standard InChI is InChI=1S/C11H20N2O/c1-8-5-6-10(9(2)12-8)13-7-3-4-11(13)14/h8-10,12H,3-7H2,1-2H3. The number of amides is 1. The van der Waals surface area contributed by atoms with Crippen molar-refractivity contribution in [3.8, 4) is 0 Å². The molecule has 2 rings (SSSR count). The average molecular weight is 196 g/mol. The topological polar surface area (TPSA) is 32.3 Å². The zero-order chi connectivity index (χ0) is 10.1. The second-order valence-electron chi connectivity index (χ2n) is 4.69. The summed E-state index contributed by atoms with van der Waals surface area (Å²) in [5, 5.41) is 3.53. The molecule has 0 spiro atoms. The molecule has 3 unspecified atom stereocenters. The zero-order valence-electron chi connectivity index (χ0n) is 9.12. The Labute approximate surface area is 85.8 Å². The molecule has 2 heterocycles. The Hall–Kier alpha value is -0.570. The monoisotopic (exact) mass is 196 g/mol. The van der Waals surface area contributed by atoms with E-state index in [2.05, 4.69) is 24.1 Å². The highest BCUT2D eigenvalue weighted by Crippen LogP contribution is 2.23. The van der Waals surface area contributed by atoms with Gasteiger partial charge in [-0.05, 0) is 33.1 Å². The molecule has 1 N–H and O–H groups in total. The lowest BCUT2D eigenvalue weighted by Gasteiger charge is -2.39. The van der Waals surface area contributed by atoms with E-state index in [1.165, 1.54) is 12.8 Å². The quantitative estimate of drug-likeness (QED) is 0.682. The Kier molecular flexibility index (Phi) is 2.77. The molecule has 3 atom stereocenters. The van der Waals surface area contributed by atoms with Gasteiger partial charge in [0.15, 0.2) is 0 Å². The van der Waals surface area contributed by atoms with Crippen LogP contribution in [0.15, 0.2) is 0 Å². The van der Waals surface area contributed by atoms with Gasteiger partial charge < -0.3 is 10.2 Å². The Morgan fingerprint density at radius 2 is 2.14 bits per heavy atom. The second kappa shape index (κ2) is 3.89. The third kappa shape index (κ3) is 1.78. The van der Waals surface area contributed by atoms with Crippen LogP contribution < -0.4 is 5.32 Å². The average Bonchev–Trinajstić information content (AvgIpc) is 2.52. The van der Waals surface area contributed by atoms with Gasteiger partial charge in [0.2, 0.25) is 5.91 Å². The van der Waals surface area contributed by atoms with Crippen molar-refractivity contribution in [2.45, 2.75) is 57.7 Å². The molecule has 1 amide bonds. The lowest BCUT2D eigenvalue weighted by molar-refractivity contribution is -0.130. The molecule has 0 aliphatic carbocycles. The van der Waals surface area contributed by atoms with Crippen molar-refractivity contribution in [3.05, 3.63) is 0 Å². The van der Waals surface area contributed by atoms with Crippen molar-refractivity contribution in [1.82, 2.24) is 10.2 Å². The minimum Gasteiger partial charge on any atom is -0.338 e. The number of hydrogen-bond donors (Lipinski definition) is 1. The number of hydrogen-bond acceptors (Lipinski definition) is 2. The predicted octanol–water partition coefficient (Wildman–Crippen LogP) is 1.14. The van der Waals surface area contributed by atoms with Crippen LogP contribution in [-0.4, -0.2) is 35.5 Å². The van der Waals surface area contributed by atoms with Crippen molar-refractivity contribution in [1.29, 1.82) is 0 Å². The minimum absolute atomic E-state index is 0.359. The summed E-state index contributed by atoms with van der Waals surface area (Å²) in [5.41, 5.74) is 0. The third-order valence-electron chi connectivity index (χ3n) is 3.53. The Morgan fingerprint density at radius 1 is 1.36 bits per heavy atom. The van der Waals surface area contributed by atoms with Crippen LogP contribution in [0.1, 0.15) is 39.5 Å². The van der Waals surface area contributed by atoms with Crippen molar-refractivity contribution >= 4 is 5.91 Å². The largest absolute Gasteiger partial charge is 0.338 e. The van der Waals surface area contributed by atoms with E-state index in [9.17, 15) is 4.79 Å². The summed E-state index contributed by atoms with van der Waals surface area (Å²) in [5.74, 6) is 0.359. The van der Waals surface area contributed by atoms with Crippen molar-refractivity contribution < 1.29 is 4.79 Å². The molecular weight excluding hydrogens is 176 g/mol. The fourth-order valence-electron chi connectivity index (χ4n) is 2.76. The van der Waals surface area contributed by atoms with Gasteiger partial charge in [-0.2, -0.15) is 0 Å². The molecule has 2 saturated heterocycles. The fraction of sp³-hybridized carbons (Fsp3) is 0.909. The first-order chi connectivity index (χ1) is 6.68. The molecule has 80 valence electrons. The van der Waals surface area contributed by atoms with Crippen LogP contribution in [0.4, 0.5) is 0 Å². The molecule has 0 saturated carbocycles. The van der Waals surface area contributed by atoms with E-state index in [1.807, 2.05) is 0 Å². The molecule has 0 aromatic rings. The van der Waals surface area contributed by atoms with Crippen LogP contribution in [0.5, 0.6) is 0 Å². The smallest absolute Gasteiger partial charge is 0.222 e.